The van der Waals surface area contributed by atoms with E-state index in [0.717, 1.165) is 5.56 Å². The monoisotopic (exact) mass is 446 g/mol. The van der Waals surface area contributed by atoms with Crippen molar-refractivity contribution in [3.63, 3.8) is 0 Å². The summed E-state index contributed by atoms with van der Waals surface area (Å²) in [4.78, 5) is 8.78. The van der Waals surface area contributed by atoms with E-state index in [1.807, 2.05) is 58.0 Å². The van der Waals surface area contributed by atoms with E-state index in [1.54, 1.807) is 24.3 Å². The normalized spacial score (nSPS) is 13.8. The van der Waals surface area contributed by atoms with Gasteiger partial charge in [0.2, 0.25) is 0 Å². The number of amidine groups is 3. The zero-order valence-electron chi connectivity index (χ0n) is 19.9. The van der Waals surface area contributed by atoms with E-state index in [2.05, 4.69) is 57.3 Å². The molecule has 0 heterocycles. The molecule has 1 aromatic carbocycles. The number of hydrogen-bond acceptors (Lipinski definition) is 5. The van der Waals surface area contributed by atoms with Gasteiger partial charge in [0.15, 0.2) is 11.7 Å². The van der Waals surface area contributed by atoms with Crippen LogP contribution in [0.25, 0.3) is 0 Å². The number of allylic oxidation sites excluding steroid dienone is 4. The Morgan fingerprint density at radius 3 is 2.15 bits per heavy atom. The van der Waals surface area contributed by atoms with Crippen LogP contribution in [0.15, 0.2) is 116 Å². The van der Waals surface area contributed by atoms with Gasteiger partial charge in [-0.2, -0.15) is 10.2 Å². The van der Waals surface area contributed by atoms with Crippen molar-refractivity contribution in [3.05, 3.63) is 95.9 Å². The first-order valence-electron chi connectivity index (χ1n) is 10.2. The summed E-state index contributed by atoms with van der Waals surface area (Å²) in [5.41, 5.74) is 17.7. The minimum absolute atomic E-state index is 0.236. The van der Waals surface area contributed by atoms with Gasteiger partial charge in [-0.3, -0.25) is 5.43 Å². The van der Waals surface area contributed by atoms with Gasteiger partial charge in [0.1, 0.15) is 11.7 Å². The van der Waals surface area contributed by atoms with Crippen molar-refractivity contribution >= 4 is 30.9 Å². The van der Waals surface area contributed by atoms with Gasteiger partial charge >= 0.3 is 0 Å². The zero-order valence-corrected chi connectivity index (χ0v) is 19.9. The fourth-order valence-electron chi connectivity index (χ4n) is 2.35. The number of nitrogens with zero attached hydrogens (tertiary/aromatic N) is 5. The molecule has 0 aliphatic heterocycles. The molecule has 1 rings (SSSR count). The summed E-state index contributed by atoms with van der Waals surface area (Å²) >= 11 is 0. The first-order valence-corrected chi connectivity index (χ1v) is 10.2. The maximum Gasteiger partial charge on any atom is 0.179 e. The fraction of sp³-hybridized carbons (Fsp3) is 0.160. The molecule has 0 radical (unpaired) electrons. The van der Waals surface area contributed by atoms with Crippen LogP contribution in [0, 0.1) is 0 Å². The molecular weight excluding hydrogens is 412 g/mol. The van der Waals surface area contributed by atoms with Crippen LogP contribution >= 0.6 is 0 Å². The van der Waals surface area contributed by atoms with E-state index >= 15 is 0 Å². The van der Waals surface area contributed by atoms with Crippen LogP contribution < -0.4 is 16.9 Å². The molecule has 0 fully saturated rings. The Balaban J connectivity index is 0.00000497. The summed E-state index contributed by atoms with van der Waals surface area (Å²) in [5, 5.41) is 11.3. The quantitative estimate of drug-likeness (QED) is 0.212. The maximum atomic E-state index is 6.12. The molecule has 0 saturated carbocycles. The molecule has 0 aliphatic rings. The Kier molecular flexibility index (Phi) is 14.2. The summed E-state index contributed by atoms with van der Waals surface area (Å²) in [7, 11) is 0. The van der Waals surface area contributed by atoms with Crippen molar-refractivity contribution in [1.82, 2.24) is 5.43 Å². The number of nitrogens with two attached hydrogens (primary N) is 2. The van der Waals surface area contributed by atoms with Crippen LogP contribution in [0.1, 0.15) is 33.3 Å². The number of benzene rings is 1. The molecule has 0 bridgehead atoms. The Morgan fingerprint density at radius 1 is 1.00 bits per heavy atom. The maximum absolute atomic E-state index is 6.12. The Morgan fingerprint density at radius 2 is 1.64 bits per heavy atom. The molecule has 8 heteroatoms. The average molecular weight is 447 g/mol. The lowest BCUT2D eigenvalue weighted by Crippen LogP contribution is -2.17. The molecule has 0 aliphatic carbocycles. The highest BCUT2D eigenvalue weighted by Crippen LogP contribution is 2.12. The number of hydrogen-bond donors (Lipinski definition) is 3. The van der Waals surface area contributed by atoms with Crippen molar-refractivity contribution in [2.75, 3.05) is 0 Å². The highest BCUT2D eigenvalue weighted by Gasteiger charge is 2.08. The second kappa shape index (κ2) is 16.4. The van der Waals surface area contributed by atoms with Crippen molar-refractivity contribution in [2.45, 2.75) is 27.7 Å². The van der Waals surface area contributed by atoms with Gasteiger partial charge in [-0.05, 0) is 31.1 Å². The van der Waals surface area contributed by atoms with Crippen molar-refractivity contribution in [3.8, 4) is 0 Å². The van der Waals surface area contributed by atoms with Gasteiger partial charge in [-0.15, -0.1) is 5.10 Å². The molecule has 0 unspecified atom stereocenters. The molecule has 0 amide bonds. The van der Waals surface area contributed by atoms with E-state index in [0.29, 0.717) is 34.2 Å². The summed E-state index contributed by atoms with van der Waals surface area (Å²) in [6.45, 7) is 21.9. The van der Waals surface area contributed by atoms with Gasteiger partial charge in [-0.1, -0.05) is 75.6 Å². The third-order valence-corrected chi connectivity index (χ3v) is 3.85. The topological polar surface area (TPSA) is 126 Å². The standard InChI is InChI=1S/C23H28N8.C2H6/c1-7-12-18(8-2)20(24)28-22(30-26-5)16(3)15-17(4)23(31-27-6)29-21(25)19-13-10-9-11-14-19;1-2/h7-15,30H,1-2,5-6H2,3-4H3,(H2,24,28)(H2,25,29,31);1-2H3/b17-15-,18-12+,22-16+;. The SMILES string of the molecule is C=C/C=C(C=C)/C(N)=N/C(NN=C)=C(C)\C=C(C)/C(N=C(N)c1ccccc1)=N\N=C.CC. The number of nitrogens with one attached hydrogen (secondary N) is 1. The molecule has 0 spiro atoms. The van der Waals surface area contributed by atoms with Crippen molar-refractivity contribution < 1.29 is 0 Å². The Labute approximate surface area is 197 Å². The molecule has 33 heavy (non-hydrogen) atoms. The van der Waals surface area contributed by atoms with Gasteiger partial charge in [0.25, 0.3) is 0 Å². The Hall–Kier alpha value is -4.33. The predicted molar refractivity (Wildman–Crippen MR) is 145 cm³/mol. The highest BCUT2D eigenvalue weighted by atomic mass is 15.3. The minimum Gasteiger partial charge on any atom is -0.383 e. The van der Waals surface area contributed by atoms with Crippen molar-refractivity contribution in [1.29, 1.82) is 0 Å². The Bertz CT molecular complexity index is 1010. The number of rotatable bonds is 10. The van der Waals surface area contributed by atoms with E-state index in [-0.39, 0.29) is 5.84 Å². The third kappa shape index (κ3) is 10.0. The molecule has 0 atom stereocenters. The van der Waals surface area contributed by atoms with Crippen LogP contribution in [-0.4, -0.2) is 30.9 Å². The molecule has 5 N–H and O–H groups in total. The van der Waals surface area contributed by atoms with Gasteiger partial charge in [-0.25, -0.2) is 9.98 Å². The van der Waals surface area contributed by atoms with Gasteiger partial charge < -0.3 is 11.5 Å². The lowest BCUT2D eigenvalue weighted by Gasteiger charge is -2.08. The van der Waals surface area contributed by atoms with E-state index in [4.69, 9.17) is 11.5 Å². The fourth-order valence-corrected chi connectivity index (χ4v) is 2.35. The average Bonchev–Trinajstić information content (AvgIpc) is 2.83. The van der Waals surface area contributed by atoms with E-state index in [1.165, 1.54) is 0 Å². The second-order valence-corrected chi connectivity index (χ2v) is 6.12. The van der Waals surface area contributed by atoms with Gasteiger partial charge in [0, 0.05) is 24.6 Å². The van der Waals surface area contributed by atoms with Crippen LogP contribution in [0.2, 0.25) is 0 Å². The minimum atomic E-state index is 0.236. The molecule has 0 aromatic heterocycles. The summed E-state index contributed by atoms with van der Waals surface area (Å²) in [6, 6.07) is 9.34. The molecular formula is C25H34N8. The first kappa shape index (κ1) is 28.7. The zero-order chi connectivity index (χ0) is 25.2. The summed E-state index contributed by atoms with van der Waals surface area (Å²) in [5.74, 6) is 1.22. The largest absolute Gasteiger partial charge is 0.383 e. The summed E-state index contributed by atoms with van der Waals surface area (Å²) in [6.07, 6.45) is 6.67. The molecule has 8 nitrogen and oxygen atoms in total. The molecule has 174 valence electrons. The number of aliphatic imine (C=N–C) groups is 2. The number of hydrazone groups is 1. The first-order chi connectivity index (χ1) is 15.9. The lowest BCUT2D eigenvalue weighted by molar-refractivity contribution is 0.865. The van der Waals surface area contributed by atoms with E-state index < -0.39 is 0 Å². The van der Waals surface area contributed by atoms with Gasteiger partial charge in [0.05, 0.1) is 0 Å². The van der Waals surface area contributed by atoms with Crippen LogP contribution in [0.5, 0.6) is 0 Å². The molecule has 1 aromatic rings. The highest BCUT2D eigenvalue weighted by molar-refractivity contribution is 6.10. The van der Waals surface area contributed by atoms with Crippen molar-refractivity contribution in [2.24, 2.45) is 36.8 Å². The second-order valence-electron chi connectivity index (χ2n) is 6.12. The molecule has 0 saturated heterocycles. The predicted octanol–water partition coefficient (Wildman–Crippen LogP) is 4.47. The third-order valence-electron chi connectivity index (χ3n) is 3.85. The van der Waals surface area contributed by atoms with Crippen LogP contribution in [0.4, 0.5) is 0 Å². The summed E-state index contributed by atoms with van der Waals surface area (Å²) < 4.78 is 0. The van der Waals surface area contributed by atoms with E-state index in [9.17, 15) is 0 Å². The van der Waals surface area contributed by atoms with Crippen LogP contribution in [-0.2, 0) is 0 Å². The lowest BCUT2D eigenvalue weighted by atomic mass is 10.1. The smallest absolute Gasteiger partial charge is 0.179 e. The van der Waals surface area contributed by atoms with Crippen LogP contribution in [0.3, 0.4) is 0 Å².